The molecule has 1 atom stereocenters. The fraction of sp³-hybridized carbons (Fsp3) is 0.0625. The Bertz CT molecular complexity index is 664. The molecule has 1 heterocycles. The van der Waals surface area contributed by atoms with Crippen molar-refractivity contribution in [2.75, 3.05) is 0 Å². The number of aromatic nitrogens is 1. The minimum Gasteiger partial charge on any atom is -0.256 e. The van der Waals surface area contributed by atoms with Crippen molar-refractivity contribution < 1.29 is 0 Å². The van der Waals surface area contributed by atoms with Crippen LogP contribution < -0.4 is 0 Å². The average molecular weight is 254 g/mol. The Morgan fingerprint density at radius 3 is 2.50 bits per heavy atom. The third-order valence-corrected chi connectivity index (χ3v) is 3.52. The van der Waals surface area contributed by atoms with Crippen LogP contribution in [-0.4, -0.2) is 4.98 Å². The number of benzene rings is 2. The summed E-state index contributed by atoms with van der Waals surface area (Å²) in [7, 11) is 0. The summed E-state index contributed by atoms with van der Waals surface area (Å²) < 4.78 is 0. The number of rotatable bonds is 2. The van der Waals surface area contributed by atoms with Gasteiger partial charge >= 0.3 is 0 Å². The van der Waals surface area contributed by atoms with Gasteiger partial charge in [0.15, 0.2) is 0 Å². The van der Waals surface area contributed by atoms with Gasteiger partial charge < -0.3 is 0 Å². The summed E-state index contributed by atoms with van der Waals surface area (Å²) in [5.74, 6) is 0. The van der Waals surface area contributed by atoms with Gasteiger partial charge in [0.25, 0.3) is 0 Å². The van der Waals surface area contributed by atoms with E-state index in [1.807, 2.05) is 36.4 Å². The highest BCUT2D eigenvalue weighted by Gasteiger charge is 2.10. The quantitative estimate of drug-likeness (QED) is 0.610. The molecule has 88 valence electrons. The van der Waals surface area contributed by atoms with Crippen molar-refractivity contribution in [3.05, 3.63) is 78.0 Å². The Kier molecular flexibility index (Phi) is 2.99. The molecule has 0 aliphatic heterocycles. The van der Waals surface area contributed by atoms with Crippen LogP contribution in [0.1, 0.15) is 16.5 Å². The Hall–Kier alpha value is -1.86. The van der Waals surface area contributed by atoms with E-state index in [0.29, 0.717) is 0 Å². The van der Waals surface area contributed by atoms with Crippen LogP contribution in [0, 0.1) is 0 Å². The van der Waals surface area contributed by atoms with Crippen LogP contribution in [0.2, 0.25) is 0 Å². The van der Waals surface area contributed by atoms with Crippen LogP contribution >= 0.6 is 11.6 Å². The molecule has 0 aliphatic carbocycles. The Morgan fingerprint density at radius 2 is 1.67 bits per heavy atom. The topological polar surface area (TPSA) is 12.9 Å². The lowest BCUT2D eigenvalue weighted by atomic mass is 10.0. The molecule has 0 amide bonds. The Balaban J connectivity index is 2.04. The second-order valence-electron chi connectivity index (χ2n) is 4.23. The summed E-state index contributed by atoms with van der Waals surface area (Å²) in [6.07, 6.45) is 1.80. The van der Waals surface area contributed by atoms with Gasteiger partial charge in [0.1, 0.15) is 0 Å². The van der Waals surface area contributed by atoms with Crippen molar-refractivity contribution >= 4 is 22.5 Å². The predicted octanol–water partition coefficient (Wildman–Crippen LogP) is 4.56. The SMILES string of the molecule is ClC(c1ccccc1)c1ccc2cccnc2c1. The number of hydrogen-bond acceptors (Lipinski definition) is 1. The lowest BCUT2D eigenvalue weighted by Gasteiger charge is -2.10. The second-order valence-corrected chi connectivity index (χ2v) is 4.67. The highest BCUT2D eigenvalue weighted by atomic mass is 35.5. The second kappa shape index (κ2) is 4.79. The molecule has 0 saturated carbocycles. The van der Waals surface area contributed by atoms with Crippen molar-refractivity contribution in [3.63, 3.8) is 0 Å². The zero-order chi connectivity index (χ0) is 12.4. The minimum atomic E-state index is -0.127. The number of nitrogens with zero attached hydrogens (tertiary/aromatic N) is 1. The first kappa shape index (κ1) is 11.2. The molecule has 2 aromatic carbocycles. The molecule has 0 bridgehead atoms. The van der Waals surface area contributed by atoms with Crippen molar-refractivity contribution in [2.45, 2.75) is 5.38 Å². The zero-order valence-electron chi connectivity index (χ0n) is 9.75. The van der Waals surface area contributed by atoms with Gasteiger partial charge in [-0.25, -0.2) is 0 Å². The van der Waals surface area contributed by atoms with Crippen molar-refractivity contribution in [1.82, 2.24) is 4.98 Å². The number of alkyl halides is 1. The lowest BCUT2D eigenvalue weighted by Crippen LogP contribution is -1.93. The van der Waals surface area contributed by atoms with E-state index in [4.69, 9.17) is 11.6 Å². The van der Waals surface area contributed by atoms with Crippen LogP contribution in [0.4, 0.5) is 0 Å². The maximum Gasteiger partial charge on any atom is 0.0836 e. The molecule has 0 radical (unpaired) electrons. The third kappa shape index (κ3) is 2.09. The van der Waals surface area contributed by atoms with E-state index in [0.717, 1.165) is 22.0 Å². The molecule has 0 aliphatic rings. The van der Waals surface area contributed by atoms with Gasteiger partial charge in [0.2, 0.25) is 0 Å². The van der Waals surface area contributed by atoms with E-state index < -0.39 is 0 Å². The van der Waals surface area contributed by atoms with Crippen molar-refractivity contribution in [1.29, 1.82) is 0 Å². The van der Waals surface area contributed by atoms with Gasteiger partial charge in [-0.15, -0.1) is 11.6 Å². The molecule has 1 aromatic heterocycles. The van der Waals surface area contributed by atoms with E-state index >= 15 is 0 Å². The van der Waals surface area contributed by atoms with Crippen molar-refractivity contribution in [3.8, 4) is 0 Å². The van der Waals surface area contributed by atoms with Crippen LogP contribution in [0.15, 0.2) is 66.9 Å². The van der Waals surface area contributed by atoms with Gasteiger partial charge in [0.05, 0.1) is 10.9 Å². The van der Waals surface area contributed by atoms with E-state index in [2.05, 4.69) is 29.2 Å². The maximum atomic E-state index is 6.50. The highest BCUT2D eigenvalue weighted by Crippen LogP contribution is 2.29. The van der Waals surface area contributed by atoms with Crippen LogP contribution in [0.5, 0.6) is 0 Å². The third-order valence-electron chi connectivity index (χ3n) is 3.01. The van der Waals surface area contributed by atoms with E-state index in [9.17, 15) is 0 Å². The largest absolute Gasteiger partial charge is 0.256 e. The van der Waals surface area contributed by atoms with Gasteiger partial charge in [-0.2, -0.15) is 0 Å². The zero-order valence-corrected chi connectivity index (χ0v) is 10.5. The molecule has 0 saturated heterocycles. The molecule has 1 unspecified atom stereocenters. The van der Waals surface area contributed by atoms with Gasteiger partial charge in [-0.1, -0.05) is 48.5 Å². The first-order chi connectivity index (χ1) is 8.84. The maximum absolute atomic E-state index is 6.50. The summed E-state index contributed by atoms with van der Waals surface area (Å²) in [5.41, 5.74) is 3.17. The van der Waals surface area contributed by atoms with Gasteiger partial charge in [0, 0.05) is 11.6 Å². The minimum absolute atomic E-state index is 0.127. The number of halogens is 1. The first-order valence-electron chi connectivity index (χ1n) is 5.88. The number of fused-ring (bicyclic) bond motifs is 1. The van der Waals surface area contributed by atoms with E-state index in [-0.39, 0.29) is 5.38 Å². The van der Waals surface area contributed by atoms with E-state index in [1.54, 1.807) is 6.20 Å². The molecular formula is C16H12ClN. The summed E-state index contributed by atoms with van der Waals surface area (Å²) in [5, 5.41) is 1.01. The summed E-state index contributed by atoms with van der Waals surface area (Å²) in [6.45, 7) is 0. The molecule has 1 nitrogen and oxygen atoms in total. The summed E-state index contributed by atoms with van der Waals surface area (Å²) in [4.78, 5) is 4.36. The first-order valence-corrected chi connectivity index (χ1v) is 6.32. The monoisotopic (exact) mass is 253 g/mol. The molecule has 3 rings (SSSR count). The number of hydrogen-bond donors (Lipinski definition) is 0. The lowest BCUT2D eigenvalue weighted by molar-refractivity contribution is 1.14. The van der Waals surface area contributed by atoms with Gasteiger partial charge in [-0.3, -0.25) is 4.98 Å². The van der Waals surface area contributed by atoms with Crippen LogP contribution in [0.3, 0.4) is 0 Å². The predicted molar refractivity (Wildman–Crippen MR) is 75.9 cm³/mol. The molecule has 18 heavy (non-hydrogen) atoms. The Labute approximate surface area is 111 Å². The average Bonchev–Trinajstić information content (AvgIpc) is 2.47. The standard InChI is InChI=1S/C16H12ClN/c17-16(13-5-2-1-3-6-13)14-9-8-12-7-4-10-18-15(12)11-14/h1-11,16H. The number of pyridine rings is 1. The van der Waals surface area contributed by atoms with E-state index in [1.165, 1.54) is 0 Å². The smallest absolute Gasteiger partial charge is 0.0836 e. The summed E-state index contributed by atoms with van der Waals surface area (Å²) in [6, 6.07) is 20.3. The molecular weight excluding hydrogens is 242 g/mol. The molecule has 2 heteroatoms. The summed E-state index contributed by atoms with van der Waals surface area (Å²) >= 11 is 6.50. The molecule has 0 fully saturated rings. The van der Waals surface area contributed by atoms with Gasteiger partial charge in [-0.05, 0) is 23.3 Å². The fourth-order valence-electron chi connectivity index (χ4n) is 2.06. The molecule has 3 aromatic rings. The van der Waals surface area contributed by atoms with Crippen LogP contribution in [0.25, 0.3) is 10.9 Å². The molecule has 0 spiro atoms. The molecule has 0 N–H and O–H groups in total. The normalized spacial score (nSPS) is 12.5. The fourth-order valence-corrected chi connectivity index (χ4v) is 2.34. The highest BCUT2D eigenvalue weighted by molar-refractivity contribution is 6.22. The van der Waals surface area contributed by atoms with Crippen LogP contribution in [-0.2, 0) is 0 Å². The van der Waals surface area contributed by atoms with Crippen molar-refractivity contribution in [2.24, 2.45) is 0 Å². The Morgan fingerprint density at radius 1 is 0.833 bits per heavy atom.